The summed E-state index contributed by atoms with van der Waals surface area (Å²) in [4.78, 5) is 8.82. The van der Waals surface area contributed by atoms with Crippen LogP contribution in [0.4, 0.5) is 0 Å². The molecule has 0 bridgehead atoms. The summed E-state index contributed by atoms with van der Waals surface area (Å²) in [6.07, 6.45) is 6.24. The maximum Gasteiger partial charge on any atom is 1.00 e. The van der Waals surface area contributed by atoms with Crippen molar-refractivity contribution in [2.24, 2.45) is 0 Å². The summed E-state index contributed by atoms with van der Waals surface area (Å²) >= 11 is 0. The van der Waals surface area contributed by atoms with Crippen LogP contribution in [0.15, 0.2) is 0 Å². The van der Waals surface area contributed by atoms with Crippen LogP contribution in [0.2, 0.25) is 0 Å². The first-order valence-corrected chi connectivity index (χ1v) is 4.44. The normalized spacial score (nSPS) is 14.1. The van der Waals surface area contributed by atoms with Gasteiger partial charge in [0.05, 0.1) is 5.60 Å². The largest absolute Gasteiger partial charge is 1.00 e. The van der Waals surface area contributed by atoms with Gasteiger partial charge in [0.1, 0.15) is 6.11 Å². The molecule has 0 saturated heterocycles. The molecule has 1 N–H and O–H groups in total. The second-order valence-electron chi connectivity index (χ2n) is 2.88. The zero-order chi connectivity index (χ0) is 9.12. The predicted molar refractivity (Wildman–Crippen MR) is 42.8 cm³/mol. The molecule has 0 amide bonds. The van der Waals surface area contributed by atoms with Gasteiger partial charge in [-0.15, -0.1) is 0 Å². The van der Waals surface area contributed by atoms with Gasteiger partial charge in [0.2, 0.25) is 0 Å². The van der Waals surface area contributed by atoms with Crippen LogP contribution in [-0.4, -0.2) is 10.5 Å². The Hall–Kier alpha value is 1.51. The molecule has 0 saturated carbocycles. The van der Waals surface area contributed by atoms with Crippen LogP contribution in [-0.2, 0) is 13.6 Å². The van der Waals surface area contributed by atoms with Gasteiger partial charge in [-0.05, 0) is 20.8 Å². The Balaban J connectivity index is -0.0000000833. The van der Waals surface area contributed by atoms with Crippen molar-refractivity contribution in [2.75, 3.05) is 0 Å². The Morgan fingerprint density at radius 1 is 1.46 bits per heavy atom. The monoisotopic (exact) mass is 226 g/mol. The Bertz CT molecular complexity index is 226. The molecular formula is C6H13Na2O4P. The molecule has 0 aromatic carbocycles. The molecule has 1 unspecified atom stereocenters. The van der Waals surface area contributed by atoms with E-state index in [0.29, 0.717) is 0 Å². The number of phosphoric ester groups is 1. The molecule has 0 aliphatic heterocycles. The Labute approximate surface area is 126 Å². The third-order valence-corrected chi connectivity index (χ3v) is 1.67. The summed E-state index contributed by atoms with van der Waals surface area (Å²) in [5, 5.41) is 0. The molecule has 68 valence electrons. The SMILES string of the molecule is C#COP(=O)(O)OC(C)(C)C.[H-].[H-].[Na+].[Na+]. The van der Waals surface area contributed by atoms with Crippen molar-refractivity contribution in [3.63, 3.8) is 0 Å². The van der Waals surface area contributed by atoms with E-state index in [2.05, 4.69) is 15.5 Å². The molecule has 13 heavy (non-hydrogen) atoms. The summed E-state index contributed by atoms with van der Waals surface area (Å²) in [6.45, 7) is 4.86. The van der Waals surface area contributed by atoms with E-state index in [4.69, 9.17) is 4.89 Å². The molecule has 1 atom stereocenters. The molecule has 0 heterocycles. The number of phosphoric acid groups is 1. The zero-order valence-corrected chi connectivity index (χ0v) is 13.6. The third-order valence-electron chi connectivity index (χ3n) is 0.557. The van der Waals surface area contributed by atoms with E-state index < -0.39 is 13.4 Å². The first-order chi connectivity index (χ1) is 4.77. The number of hydrogen-bond donors (Lipinski definition) is 1. The maximum absolute atomic E-state index is 10.8. The average molecular weight is 226 g/mol. The van der Waals surface area contributed by atoms with E-state index >= 15 is 0 Å². The molecule has 0 aliphatic rings. The summed E-state index contributed by atoms with van der Waals surface area (Å²) in [6, 6.07) is 0. The molecule has 0 radical (unpaired) electrons. The van der Waals surface area contributed by atoms with E-state index in [0.717, 1.165) is 0 Å². The fourth-order valence-electron chi connectivity index (χ4n) is 0.431. The Morgan fingerprint density at radius 2 is 1.85 bits per heavy atom. The van der Waals surface area contributed by atoms with Crippen LogP contribution in [0.1, 0.15) is 23.6 Å². The maximum atomic E-state index is 10.8. The van der Waals surface area contributed by atoms with Gasteiger partial charge in [-0.3, -0.25) is 9.42 Å². The smallest absolute Gasteiger partial charge is 1.00 e. The summed E-state index contributed by atoms with van der Waals surface area (Å²) in [7, 11) is -4.05. The number of hydrogen-bond acceptors (Lipinski definition) is 3. The minimum Gasteiger partial charge on any atom is -1.00 e. The van der Waals surface area contributed by atoms with E-state index in [1.165, 1.54) is 0 Å². The van der Waals surface area contributed by atoms with Crippen LogP contribution >= 0.6 is 7.82 Å². The first-order valence-electron chi connectivity index (χ1n) is 2.94. The van der Waals surface area contributed by atoms with Crippen molar-refractivity contribution in [2.45, 2.75) is 26.4 Å². The Morgan fingerprint density at radius 3 is 2.08 bits per heavy atom. The van der Waals surface area contributed by atoms with Gasteiger partial charge in [0.15, 0.2) is 0 Å². The molecule has 0 fully saturated rings. The summed E-state index contributed by atoms with van der Waals surface area (Å²) in [5.41, 5.74) is -0.749. The van der Waals surface area contributed by atoms with Crippen LogP contribution in [0.3, 0.4) is 0 Å². The van der Waals surface area contributed by atoms with Crippen molar-refractivity contribution in [1.29, 1.82) is 0 Å². The van der Waals surface area contributed by atoms with Gasteiger partial charge >= 0.3 is 66.9 Å². The fraction of sp³-hybridized carbons (Fsp3) is 0.667. The standard InChI is InChI=1S/C6H11O4P.2Na.2H/c1-5-9-11(7,8)10-6(2,3)4;;;;/h1H,2-4H3,(H,7,8);;;;/q;2*+1;2*-1. The van der Waals surface area contributed by atoms with Gasteiger partial charge in [-0.2, -0.15) is 0 Å². The molecule has 0 rings (SSSR count). The number of rotatable bonds is 2. The second kappa shape index (κ2) is 7.76. The van der Waals surface area contributed by atoms with Gasteiger partial charge in [0, 0.05) is 0 Å². The van der Waals surface area contributed by atoms with E-state index in [-0.39, 0.29) is 62.0 Å². The van der Waals surface area contributed by atoms with Crippen molar-refractivity contribution in [1.82, 2.24) is 0 Å². The molecule has 0 aromatic rings. The third kappa shape index (κ3) is 13.5. The van der Waals surface area contributed by atoms with Crippen LogP contribution in [0.25, 0.3) is 0 Å². The van der Waals surface area contributed by atoms with Gasteiger partial charge in [-0.25, -0.2) is 4.57 Å². The van der Waals surface area contributed by atoms with Crippen molar-refractivity contribution in [3.05, 3.63) is 0 Å². The van der Waals surface area contributed by atoms with Crippen LogP contribution in [0, 0.1) is 12.5 Å². The summed E-state index contributed by atoms with van der Waals surface area (Å²) < 4.78 is 19.4. The van der Waals surface area contributed by atoms with Gasteiger partial charge in [-0.1, -0.05) is 6.42 Å². The molecule has 0 spiro atoms. The average Bonchev–Trinajstić information content (AvgIpc) is 1.55. The summed E-state index contributed by atoms with van der Waals surface area (Å²) in [5.74, 6) is 0. The first kappa shape index (κ1) is 20.0. The van der Waals surface area contributed by atoms with Crippen molar-refractivity contribution >= 4 is 7.82 Å². The molecule has 0 aromatic heterocycles. The fourth-order valence-corrected chi connectivity index (χ4v) is 1.29. The topological polar surface area (TPSA) is 55.8 Å². The van der Waals surface area contributed by atoms with E-state index in [9.17, 15) is 4.57 Å². The van der Waals surface area contributed by atoms with E-state index in [1.54, 1.807) is 26.9 Å². The second-order valence-corrected chi connectivity index (χ2v) is 4.18. The molecular weight excluding hydrogens is 213 g/mol. The predicted octanol–water partition coefficient (Wildman–Crippen LogP) is -4.26. The van der Waals surface area contributed by atoms with Crippen LogP contribution < -0.4 is 59.1 Å². The molecule has 7 heteroatoms. The van der Waals surface area contributed by atoms with Crippen molar-refractivity contribution in [3.8, 4) is 12.5 Å². The molecule has 4 nitrogen and oxygen atoms in total. The van der Waals surface area contributed by atoms with E-state index in [1.807, 2.05) is 0 Å². The minimum atomic E-state index is -4.05. The molecule has 0 aliphatic carbocycles. The van der Waals surface area contributed by atoms with Gasteiger partial charge in [0.25, 0.3) is 0 Å². The van der Waals surface area contributed by atoms with Gasteiger partial charge < -0.3 is 7.38 Å². The van der Waals surface area contributed by atoms with Crippen LogP contribution in [0.5, 0.6) is 0 Å². The minimum absolute atomic E-state index is 0. The quantitative estimate of drug-likeness (QED) is 0.294. The Kier molecular flexibility index (Phi) is 11.9. The zero-order valence-electron chi connectivity index (χ0n) is 10.7. The van der Waals surface area contributed by atoms with Crippen molar-refractivity contribution < 1.29 is 80.5 Å². The number of terminal acetylenes is 1.